The first-order valence-electron chi connectivity index (χ1n) is 24.0. The van der Waals surface area contributed by atoms with E-state index in [1.165, 1.54) is 72.8 Å². The Morgan fingerprint density at radius 2 is 0.695 bits per heavy atom. The first-order valence-corrected chi connectivity index (χ1v) is 24.0. The molecule has 414 valence electrons. The third kappa shape index (κ3) is 9.78. The third-order valence-electron chi connectivity index (χ3n) is 14.0. The van der Waals surface area contributed by atoms with Gasteiger partial charge in [0.25, 0.3) is 0 Å². The molecule has 0 N–H and O–H groups in total. The van der Waals surface area contributed by atoms with Crippen LogP contribution in [0.5, 0.6) is 0 Å². The lowest BCUT2D eigenvalue weighted by Crippen LogP contribution is -2.12. The second-order valence-corrected chi connectivity index (χ2v) is 19.1. The minimum Gasteiger partial charge on any atom is -0.309 e. The average Bonchev–Trinajstić information content (AvgIpc) is 4.09. The van der Waals surface area contributed by atoms with Gasteiger partial charge in [-0.25, -0.2) is 0 Å². The van der Waals surface area contributed by atoms with E-state index in [0.717, 1.165) is 0 Å². The zero-order chi connectivity index (χ0) is 58.8. The summed E-state index contributed by atoms with van der Waals surface area (Å²) in [6.07, 6.45) is -31.3. The van der Waals surface area contributed by atoms with Crippen molar-refractivity contribution in [1.29, 1.82) is 5.26 Å². The second-order valence-electron chi connectivity index (χ2n) is 19.1. The van der Waals surface area contributed by atoms with Crippen molar-refractivity contribution in [3.05, 3.63) is 215 Å². The number of nitriles is 1. The summed E-state index contributed by atoms with van der Waals surface area (Å²) >= 11 is 0. The third-order valence-corrected chi connectivity index (χ3v) is 14.0. The predicted molar refractivity (Wildman–Crippen MR) is 272 cm³/mol. The molecule has 0 fully saturated rings. The topological polar surface area (TPSA) is 33.6 Å². The van der Waals surface area contributed by atoms with Gasteiger partial charge in [-0.2, -0.15) is 84.3 Å². The van der Waals surface area contributed by atoms with E-state index in [1.807, 2.05) is 6.07 Å². The summed E-state index contributed by atoms with van der Waals surface area (Å²) in [6.45, 7) is 0. The molecule has 0 saturated heterocycles. The predicted octanol–water partition coefficient (Wildman–Crippen LogP) is 20.5. The van der Waals surface area contributed by atoms with Crippen molar-refractivity contribution in [1.82, 2.24) is 9.13 Å². The Bertz CT molecular complexity index is 4380. The number of benzene rings is 9. The Hall–Kier alpha value is -9.19. The summed E-state index contributed by atoms with van der Waals surface area (Å²) in [4.78, 5) is 0. The summed E-state index contributed by atoms with van der Waals surface area (Å²) in [7, 11) is 0. The lowest BCUT2D eigenvalue weighted by atomic mass is 9.92. The van der Waals surface area contributed by atoms with E-state index < -0.39 is 87.1 Å². The number of para-hydroxylation sites is 2. The molecule has 21 heteroatoms. The number of aromatic nitrogens is 2. The SMILES string of the molecule is N#Cc1ccc(-c2cc(-c3ccc(C(F)(F)F)cc3C(F)(F)F)ccc2-n2c3ccccc3c3cc(-c4cc(C(F)(F)F)cc(C(F)(F)F)c4)ccc32)c(-n2c3ccccc3c3cc(-c4cc(C(F)(F)F)cc(C(F)(F)F)c4)ccc32)c1. The number of alkyl halides is 18. The second kappa shape index (κ2) is 19.0. The van der Waals surface area contributed by atoms with Crippen molar-refractivity contribution >= 4 is 43.6 Å². The molecule has 11 rings (SSSR count). The van der Waals surface area contributed by atoms with Crippen LogP contribution in [0.25, 0.3) is 99.5 Å². The number of halogens is 18. The number of hydrogen-bond donors (Lipinski definition) is 0. The summed E-state index contributed by atoms with van der Waals surface area (Å²) in [5, 5.41) is 11.7. The van der Waals surface area contributed by atoms with E-state index in [0.29, 0.717) is 58.2 Å². The van der Waals surface area contributed by atoms with Gasteiger partial charge >= 0.3 is 37.1 Å². The van der Waals surface area contributed by atoms with E-state index in [2.05, 4.69) is 0 Å². The lowest BCUT2D eigenvalue weighted by molar-refractivity contribution is -0.144. The molecule has 0 amide bonds. The van der Waals surface area contributed by atoms with Gasteiger partial charge in [-0.05, 0) is 143 Å². The highest BCUT2D eigenvalue weighted by molar-refractivity contribution is 6.13. The Kier molecular flexibility index (Phi) is 12.7. The monoisotopic (exact) mass is 1150 g/mol. The Morgan fingerprint density at radius 1 is 0.280 bits per heavy atom. The maximum atomic E-state index is 15.0. The fourth-order valence-corrected chi connectivity index (χ4v) is 10.4. The Morgan fingerprint density at radius 3 is 1.13 bits per heavy atom. The van der Waals surface area contributed by atoms with Gasteiger partial charge in [0.2, 0.25) is 0 Å². The average molecular weight is 1150 g/mol. The molecule has 0 spiro atoms. The van der Waals surface area contributed by atoms with Crippen molar-refractivity contribution in [3.63, 3.8) is 0 Å². The molecule has 2 heterocycles. The number of hydrogen-bond acceptors (Lipinski definition) is 1. The molecule has 11 aromatic rings. The molecule has 0 atom stereocenters. The molecule has 0 aliphatic heterocycles. The van der Waals surface area contributed by atoms with Crippen LogP contribution in [0, 0.1) is 11.3 Å². The molecule has 0 aliphatic rings. The maximum absolute atomic E-state index is 15.0. The molecule has 0 radical (unpaired) electrons. The summed E-state index contributed by atoms with van der Waals surface area (Å²) < 4.78 is 259. The summed E-state index contributed by atoms with van der Waals surface area (Å²) in [5.41, 5.74) is -10.1. The smallest absolute Gasteiger partial charge is 0.309 e. The van der Waals surface area contributed by atoms with Crippen molar-refractivity contribution < 1.29 is 79.0 Å². The van der Waals surface area contributed by atoms with E-state index in [9.17, 15) is 84.3 Å². The number of nitrogens with zero attached hydrogens (tertiary/aromatic N) is 3. The van der Waals surface area contributed by atoms with Crippen LogP contribution in [0.4, 0.5) is 79.0 Å². The number of rotatable bonds is 6. The molecule has 0 aliphatic carbocycles. The Balaban J connectivity index is 1.20. The van der Waals surface area contributed by atoms with Gasteiger partial charge < -0.3 is 9.13 Å². The molecule has 0 unspecified atom stereocenters. The number of fused-ring (bicyclic) bond motifs is 6. The first-order chi connectivity index (χ1) is 38.4. The van der Waals surface area contributed by atoms with E-state index in [-0.39, 0.29) is 84.8 Å². The van der Waals surface area contributed by atoms with Crippen molar-refractivity contribution in [3.8, 4) is 62.0 Å². The fourth-order valence-electron chi connectivity index (χ4n) is 10.4. The lowest BCUT2D eigenvalue weighted by Gasteiger charge is -2.21. The standard InChI is InChI=1S/C61H29F18N3/c62-56(63,64)37-13-15-42(49(29-37)61(77,78)79)34-12-18-53(81-50-7-3-1-5-43(50)46-24-32(10-16-52(46)81)35-20-38(57(65,66)67)27-39(21-35)58(68,69)70)48(26-34)45-14-9-31(30-80)19-55(45)82-51-8-4-2-6-44(51)47-25-33(11-17-54(47)82)36-22-40(59(71,72)73)28-41(23-36)60(74,75)76/h1-29H. The maximum Gasteiger partial charge on any atom is 0.417 e. The van der Waals surface area contributed by atoms with Gasteiger partial charge in [0.05, 0.1) is 78.5 Å². The van der Waals surface area contributed by atoms with Crippen LogP contribution in [-0.2, 0) is 37.1 Å². The van der Waals surface area contributed by atoms with Crippen LogP contribution in [0.1, 0.15) is 38.9 Å². The fraction of sp³-hybridized carbons (Fsp3) is 0.0984. The van der Waals surface area contributed by atoms with E-state index >= 15 is 0 Å². The van der Waals surface area contributed by atoms with Crippen molar-refractivity contribution in [2.75, 3.05) is 0 Å². The van der Waals surface area contributed by atoms with Crippen LogP contribution in [0.3, 0.4) is 0 Å². The minimum atomic E-state index is -5.37. The molecular formula is C61H29F18N3. The summed E-state index contributed by atoms with van der Waals surface area (Å²) in [6, 6.07) is 34.1. The molecule has 2 aromatic heterocycles. The zero-order valence-electron chi connectivity index (χ0n) is 40.9. The highest BCUT2D eigenvalue weighted by Crippen LogP contribution is 2.48. The van der Waals surface area contributed by atoms with Crippen molar-refractivity contribution in [2.24, 2.45) is 0 Å². The van der Waals surface area contributed by atoms with Gasteiger partial charge in [0, 0.05) is 32.7 Å². The molecular weight excluding hydrogens is 1120 g/mol. The zero-order valence-corrected chi connectivity index (χ0v) is 40.9. The summed E-state index contributed by atoms with van der Waals surface area (Å²) in [5.74, 6) is 0. The molecule has 0 bridgehead atoms. The van der Waals surface area contributed by atoms with E-state index in [1.54, 1.807) is 57.7 Å². The first kappa shape index (κ1) is 54.8. The van der Waals surface area contributed by atoms with Gasteiger partial charge in [-0.15, -0.1) is 0 Å². The molecule has 82 heavy (non-hydrogen) atoms. The van der Waals surface area contributed by atoms with Gasteiger partial charge in [0.15, 0.2) is 0 Å². The van der Waals surface area contributed by atoms with Gasteiger partial charge in [-0.1, -0.05) is 66.7 Å². The molecule has 9 aromatic carbocycles. The molecule has 3 nitrogen and oxygen atoms in total. The van der Waals surface area contributed by atoms with Crippen LogP contribution < -0.4 is 0 Å². The van der Waals surface area contributed by atoms with Crippen LogP contribution >= 0.6 is 0 Å². The van der Waals surface area contributed by atoms with Crippen LogP contribution in [-0.4, -0.2) is 9.13 Å². The van der Waals surface area contributed by atoms with E-state index in [4.69, 9.17) is 0 Å². The Labute approximate surface area is 449 Å². The van der Waals surface area contributed by atoms with Crippen LogP contribution in [0.2, 0.25) is 0 Å². The minimum absolute atomic E-state index is 0.00239. The highest BCUT2D eigenvalue weighted by atomic mass is 19.4. The highest BCUT2D eigenvalue weighted by Gasteiger charge is 2.41. The van der Waals surface area contributed by atoms with Gasteiger partial charge in [0.1, 0.15) is 0 Å². The quantitative estimate of drug-likeness (QED) is 0.153. The van der Waals surface area contributed by atoms with Crippen LogP contribution in [0.15, 0.2) is 176 Å². The van der Waals surface area contributed by atoms with Gasteiger partial charge in [-0.3, -0.25) is 0 Å². The molecule has 0 saturated carbocycles. The normalized spacial score (nSPS) is 13.0. The largest absolute Gasteiger partial charge is 0.417 e. The van der Waals surface area contributed by atoms with Crippen molar-refractivity contribution in [2.45, 2.75) is 37.1 Å².